The van der Waals surface area contributed by atoms with Crippen LogP contribution in [-0.4, -0.2) is 34.2 Å². The molecule has 0 atom stereocenters. The largest absolute Gasteiger partial charge is 0.497 e. The van der Waals surface area contributed by atoms with E-state index >= 15 is 0 Å². The maximum absolute atomic E-state index is 12.7. The van der Waals surface area contributed by atoms with Crippen LogP contribution in [0.4, 0.5) is 5.69 Å². The van der Waals surface area contributed by atoms with Gasteiger partial charge in [-0.25, -0.2) is 0 Å². The molecule has 0 spiro atoms. The predicted molar refractivity (Wildman–Crippen MR) is 105 cm³/mol. The quantitative estimate of drug-likeness (QED) is 0.414. The minimum Gasteiger partial charge on any atom is -0.497 e. The SMILES string of the molecule is COc1cc(C=C(Br)C(=O)c2ccc(N)c(OC)c2)c(OC)c(OC)c1. The van der Waals surface area contributed by atoms with Gasteiger partial charge in [0, 0.05) is 17.2 Å². The van der Waals surface area contributed by atoms with Crippen LogP contribution in [0, 0.1) is 0 Å². The van der Waals surface area contributed by atoms with E-state index in [1.807, 2.05) is 0 Å². The van der Waals surface area contributed by atoms with Crippen LogP contribution in [0.1, 0.15) is 15.9 Å². The number of carbonyl (C=O) groups is 1. The summed E-state index contributed by atoms with van der Waals surface area (Å²) in [7, 11) is 6.11. The Hall–Kier alpha value is -2.67. The molecule has 2 rings (SSSR count). The first-order chi connectivity index (χ1) is 12.4. The molecule has 0 bridgehead atoms. The van der Waals surface area contributed by atoms with Crippen molar-refractivity contribution < 1.29 is 23.7 Å². The monoisotopic (exact) mass is 421 g/mol. The molecule has 0 aromatic heterocycles. The van der Waals surface area contributed by atoms with E-state index in [-0.39, 0.29) is 5.78 Å². The van der Waals surface area contributed by atoms with Crippen LogP contribution in [0.5, 0.6) is 23.0 Å². The van der Waals surface area contributed by atoms with Gasteiger partial charge in [0.15, 0.2) is 17.3 Å². The molecule has 0 aliphatic heterocycles. The lowest BCUT2D eigenvalue weighted by molar-refractivity contribution is 0.104. The summed E-state index contributed by atoms with van der Waals surface area (Å²) >= 11 is 3.34. The highest BCUT2D eigenvalue weighted by atomic mass is 79.9. The molecule has 2 aromatic carbocycles. The van der Waals surface area contributed by atoms with Crippen LogP contribution in [0.25, 0.3) is 6.08 Å². The molecule has 2 N–H and O–H groups in total. The van der Waals surface area contributed by atoms with E-state index in [9.17, 15) is 4.79 Å². The van der Waals surface area contributed by atoms with E-state index in [0.717, 1.165) is 0 Å². The van der Waals surface area contributed by atoms with Gasteiger partial charge in [-0.2, -0.15) is 0 Å². The number of nitrogen functional groups attached to an aromatic ring is 1. The predicted octanol–water partition coefficient (Wildman–Crippen LogP) is 3.92. The number of allylic oxidation sites excluding steroid dienone is 1. The first kappa shape index (κ1) is 19.7. The van der Waals surface area contributed by atoms with Gasteiger partial charge in [-0.15, -0.1) is 0 Å². The third-order valence-electron chi connectivity index (χ3n) is 3.71. The smallest absolute Gasteiger partial charge is 0.200 e. The Morgan fingerprint density at radius 1 is 0.962 bits per heavy atom. The van der Waals surface area contributed by atoms with Crippen molar-refractivity contribution in [2.24, 2.45) is 0 Å². The first-order valence-corrected chi connectivity index (χ1v) is 8.39. The van der Waals surface area contributed by atoms with Crippen molar-refractivity contribution in [1.29, 1.82) is 0 Å². The summed E-state index contributed by atoms with van der Waals surface area (Å²) in [4.78, 5) is 12.7. The first-order valence-electron chi connectivity index (χ1n) is 7.60. The molecule has 0 unspecified atom stereocenters. The van der Waals surface area contributed by atoms with Gasteiger partial charge in [0.05, 0.1) is 38.6 Å². The third kappa shape index (κ3) is 4.11. The van der Waals surface area contributed by atoms with Crippen LogP contribution < -0.4 is 24.7 Å². The van der Waals surface area contributed by atoms with Gasteiger partial charge in [-0.1, -0.05) is 0 Å². The standard InChI is InChI=1S/C19H20BrNO5/c1-23-13-7-12(19(26-4)17(10-13)25-3)8-14(20)18(22)11-5-6-15(21)16(9-11)24-2/h5-10H,21H2,1-4H3. The Labute approximate surface area is 160 Å². The van der Waals surface area contributed by atoms with E-state index in [0.29, 0.717) is 44.3 Å². The zero-order chi connectivity index (χ0) is 19.3. The molecule has 0 aliphatic carbocycles. The number of hydrogen-bond acceptors (Lipinski definition) is 6. The topological polar surface area (TPSA) is 80.0 Å². The van der Waals surface area contributed by atoms with E-state index < -0.39 is 0 Å². The Kier molecular flexibility index (Phi) is 6.52. The highest BCUT2D eigenvalue weighted by Crippen LogP contribution is 2.37. The number of benzene rings is 2. The number of Topliss-reactive ketones (excluding diaryl/α,β-unsaturated/α-hetero) is 1. The van der Waals surface area contributed by atoms with Crippen molar-refractivity contribution in [3.8, 4) is 23.0 Å². The summed E-state index contributed by atoms with van der Waals surface area (Å²) in [6.07, 6.45) is 1.65. The summed E-state index contributed by atoms with van der Waals surface area (Å²) in [6, 6.07) is 8.31. The summed E-state index contributed by atoms with van der Waals surface area (Å²) < 4.78 is 21.5. The van der Waals surface area contributed by atoms with Gasteiger partial charge in [0.2, 0.25) is 0 Å². The average Bonchev–Trinajstić information content (AvgIpc) is 2.66. The van der Waals surface area contributed by atoms with E-state index in [1.54, 1.807) is 43.5 Å². The van der Waals surface area contributed by atoms with Crippen LogP contribution in [0.15, 0.2) is 34.8 Å². The number of rotatable bonds is 7. The molecule has 7 heteroatoms. The molecule has 26 heavy (non-hydrogen) atoms. The lowest BCUT2D eigenvalue weighted by atomic mass is 10.1. The van der Waals surface area contributed by atoms with Crippen LogP contribution in [0.3, 0.4) is 0 Å². The fourth-order valence-corrected chi connectivity index (χ4v) is 2.86. The average molecular weight is 422 g/mol. The van der Waals surface area contributed by atoms with Crippen LogP contribution >= 0.6 is 15.9 Å². The van der Waals surface area contributed by atoms with Crippen LogP contribution in [0.2, 0.25) is 0 Å². The molecule has 0 aliphatic rings. The molecule has 0 saturated carbocycles. The van der Waals surface area contributed by atoms with E-state index in [1.165, 1.54) is 21.3 Å². The second-order valence-electron chi connectivity index (χ2n) is 5.23. The van der Waals surface area contributed by atoms with Crippen molar-refractivity contribution in [2.45, 2.75) is 0 Å². The second kappa shape index (κ2) is 8.62. The Bertz CT molecular complexity index is 848. The molecule has 0 fully saturated rings. The fraction of sp³-hybridized carbons (Fsp3) is 0.211. The molecule has 2 aromatic rings. The highest BCUT2D eigenvalue weighted by molar-refractivity contribution is 9.12. The van der Waals surface area contributed by atoms with Gasteiger partial charge >= 0.3 is 0 Å². The molecule has 0 radical (unpaired) electrons. The fourth-order valence-electron chi connectivity index (χ4n) is 2.38. The lowest BCUT2D eigenvalue weighted by Gasteiger charge is -2.13. The molecule has 0 amide bonds. The maximum atomic E-state index is 12.7. The number of ether oxygens (including phenoxy) is 4. The molecular formula is C19H20BrNO5. The number of methoxy groups -OCH3 is 4. The number of halogens is 1. The summed E-state index contributed by atoms with van der Waals surface area (Å²) in [5.41, 5.74) is 7.32. The van der Waals surface area contributed by atoms with Crippen molar-refractivity contribution in [3.63, 3.8) is 0 Å². The van der Waals surface area contributed by atoms with Gasteiger partial charge in [-0.3, -0.25) is 4.79 Å². The van der Waals surface area contributed by atoms with Crippen molar-refractivity contribution >= 4 is 33.5 Å². The van der Waals surface area contributed by atoms with Crippen molar-refractivity contribution in [1.82, 2.24) is 0 Å². The summed E-state index contributed by atoms with van der Waals surface area (Å²) in [5.74, 6) is 1.78. The number of anilines is 1. The van der Waals surface area contributed by atoms with Gasteiger partial charge in [0.25, 0.3) is 0 Å². The van der Waals surface area contributed by atoms with E-state index in [2.05, 4.69) is 15.9 Å². The molecule has 138 valence electrons. The number of ketones is 1. The maximum Gasteiger partial charge on any atom is 0.200 e. The van der Waals surface area contributed by atoms with Gasteiger partial charge in [0.1, 0.15) is 11.5 Å². The third-order valence-corrected chi connectivity index (χ3v) is 4.30. The molecular weight excluding hydrogens is 402 g/mol. The minimum atomic E-state index is -0.230. The van der Waals surface area contributed by atoms with Crippen molar-refractivity contribution in [2.75, 3.05) is 34.2 Å². The Morgan fingerprint density at radius 2 is 1.65 bits per heavy atom. The number of hydrogen-bond donors (Lipinski definition) is 1. The number of carbonyl (C=O) groups excluding carboxylic acids is 1. The minimum absolute atomic E-state index is 0.230. The zero-order valence-electron chi connectivity index (χ0n) is 15.0. The number of nitrogens with two attached hydrogens (primary N) is 1. The highest BCUT2D eigenvalue weighted by Gasteiger charge is 2.16. The van der Waals surface area contributed by atoms with E-state index in [4.69, 9.17) is 24.7 Å². The zero-order valence-corrected chi connectivity index (χ0v) is 16.5. The molecule has 6 nitrogen and oxygen atoms in total. The summed E-state index contributed by atoms with van der Waals surface area (Å²) in [6.45, 7) is 0. The second-order valence-corrected chi connectivity index (χ2v) is 6.08. The van der Waals surface area contributed by atoms with Gasteiger partial charge in [-0.05, 0) is 46.3 Å². The Morgan fingerprint density at radius 3 is 2.23 bits per heavy atom. The lowest BCUT2D eigenvalue weighted by Crippen LogP contribution is -2.02. The normalized spacial score (nSPS) is 11.0. The summed E-state index contributed by atoms with van der Waals surface area (Å²) in [5, 5.41) is 0. The van der Waals surface area contributed by atoms with Gasteiger partial charge < -0.3 is 24.7 Å². The molecule has 0 heterocycles. The van der Waals surface area contributed by atoms with Crippen LogP contribution in [-0.2, 0) is 0 Å². The molecule has 0 saturated heterocycles. The Balaban J connectivity index is 2.47. The van der Waals surface area contributed by atoms with Crippen molar-refractivity contribution in [3.05, 3.63) is 45.9 Å².